The van der Waals surface area contributed by atoms with Gasteiger partial charge in [0.1, 0.15) is 5.54 Å². The maximum atomic E-state index is 11.9. The van der Waals surface area contributed by atoms with Crippen LogP contribution in [0.2, 0.25) is 0 Å². The van der Waals surface area contributed by atoms with Crippen LogP contribution in [-0.4, -0.2) is 24.0 Å². The molecule has 1 unspecified atom stereocenters. The normalized spacial score (nSPS) is 26.4. The molecule has 1 heterocycles. The summed E-state index contributed by atoms with van der Waals surface area (Å²) in [4.78, 5) is 16.3. The van der Waals surface area contributed by atoms with Crippen molar-refractivity contribution >= 4 is 11.9 Å². The summed E-state index contributed by atoms with van der Waals surface area (Å²) in [6.07, 6.45) is 4.28. The van der Waals surface area contributed by atoms with Crippen molar-refractivity contribution < 1.29 is 4.79 Å². The summed E-state index contributed by atoms with van der Waals surface area (Å²) >= 11 is 0. The highest BCUT2D eigenvalue weighted by Crippen LogP contribution is 2.18. The number of rotatable bonds is 6. The van der Waals surface area contributed by atoms with Crippen LogP contribution in [0.4, 0.5) is 0 Å². The van der Waals surface area contributed by atoms with Crippen LogP contribution in [0.25, 0.3) is 0 Å². The Hall–Kier alpha value is -1.06. The first-order valence-corrected chi connectivity index (χ1v) is 6.62. The Labute approximate surface area is 104 Å². The third-order valence-corrected chi connectivity index (χ3v) is 3.02. The van der Waals surface area contributed by atoms with Crippen molar-refractivity contribution in [1.29, 1.82) is 0 Å². The van der Waals surface area contributed by atoms with Gasteiger partial charge in [0, 0.05) is 6.54 Å². The van der Waals surface area contributed by atoms with Crippen molar-refractivity contribution in [2.45, 2.75) is 58.9 Å². The molecule has 1 aliphatic rings. The molecule has 0 radical (unpaired) electrons. The number of nitrogens with one attached hydrogen (secondary N) is 2. The number of amides is 1. The molecule has 0 bridgehead atoms. The summed E-state index contributed by atoms with van der Waals surface area (Å²) in [5, 5.41) is 6.05. The van der Waals surface area contributed by atoms with Crippen LogP contribution < -0.4 is 10.6 Å². The smallest absolute Gasteiger partial charge is 0.252 e. The zero-order valence-corrected chi connectivity index (χ0v) is 11.5. The Bertz CT molecular complexity index is 299. The van der Waals surface area contributed by atoms with Crippen LogP contribution in [0, 0.1) is 5.92 Å². The molecular weight excluding hydrogens is 214 g/mol. The number of hydrogen-bond donors (Lipinski definition) is 2. The van der Waals surface area contributed by atoms with Crippen molar-refractivity contribution in [2.24, 2.45) is 10.9 Å². The molecule has 1 saturated heterocycles. The van der Waals surface area contributed by atoms with Gasteiger partial charge in [0.2, 0.25) is 0 Å². The largest absolute Gasteiger partial charge is 0.342 e. The van der Waals surface area contributed by atoms with Crippen molar-refractivity contribution in [1.82, 2.24) is 10.6 Å². The third kappa shape index (κ3) is 4.02. The van der Waals surface area contributed by atoms with Gasteiger partial charge in [-0.1, -0.05) is 40.0 Å². The van der Waals surface area contributed by atoms with E-state index >= 15 is 0 Å². The molecular formula is C13H25N3O. The van der Waals surface area contributed by atoms with E-state index in [-0.39, 0.29) is 5.91 Å². The fraction of sp³-hybridized carbons (Fsp3) is 0.846. The maximum absolute atomic E-state index is 11.9. The van der Waals surface area contributed by atoms with Gasteiger partial charge in [-0.05, 0) is 19.3 Å². The third-order valence-electron chi connectivity index (χ3n) is 3.02. The van der Waals surface area contributed by atoms with Gasteiger partial charge < -0.3 is 5.32 Å². The molecule has 4 heteroatoms. The predicted octanol–water partition coefficient (Wildman–Crippen LogP) is 2.06. The number of guanidine groups is 1. The molecule has 4 nitrogen and oxygen atoms in total. The molecule has 1 rings (SSSR count). The van der Waals surface area contributed by atoms with E-state index in [9.17, 15) is 4.79 Å². The summed E-state index contributed by atoms with van der Waals surface area (Å²) in [6.45, 7) is 9.09. The fourth-order valence-corrected chi connectivity index (χ4v) is 1.85. The van der Waals surface area contributed by atoms with Gasteiger partial charge in [-0.15, -0.1) is 0 Å². The number of aliphatic imine (C=N–C) groups is 1. The fourth-order valence-electron chi connectivity index (χ4n) is 1.85. The molecule has 0 aromatic carbocycles. The van der Waals surface area contributed by atoms with Crippen molar-refractivity contribution in [2.75, 3.05) is 6.54 Å². The number of nitrogens with zero attached hydrogens (tertiary/aromatic N) is 1. The highest BCUT2D eigenvalue weighted by molar-refractivity contribution is 6.08. The number of carbonyl (C=O) groups is 1. The Balaban J connectivity index is 2.53. The molecule has 0 saturated carbocycles. The molecule has 0 aromatic heterocycles. The van der Waals surface area contributed by atoms with Gasteiger partial charge >= 0.3 is 0 Å². The molecule has 1 fully saturated rings. The van der Waals surface area contributed by atoms with Crippen LogP contribution in [0.15, 0.2) is 4.99 Å². The number of unbranched alkanes of at least 4 members (excludes halogenated alkanes) is 2. The molecule has 0 aliphatic carbocycles. The lowest BCUT2D eigenvalue weighted by molar-refractivity contribution is -0.123. The second-order valence-corrected chi connectivity index (χ2v) is 5.45. The second-order valence-electron chi connectivity index (χ2n) is 5.45. The molecule has 0 spiro atoms. The van der Waals surface area contributed by atoms with E-state index in [1.165, 1.54) is 12.8 Å². The van der Waals surface area contributed by atoms with Gasteiger partial charge in [0.25, 0.3) is 5.91 Å². The van der Waals surface area contributed by atoms with Gasteiger partial charge in [-0.25, -0.2) is 0 Å². The zero-order valence-electron chi connectivity index (χ0n) is 11.5. The summed E-state index contributed by atoms with van der Waals surface area (Å²) in [5.74, 6) is 1.20. The van der Waals surface area contributed by atoms with Gasteiger partial charge in [0.05, 0.1) is 0 Å². The van der Waals surface area contributed by atoms with E-state index in [0.717, 1.165) is 19.4 Å². The Morgan fingerprint density at radius 3 is 2.65 bits per heavy atom. The van der Waals surface area contributed by atoms with Crippen molar-refractivity contribution in [3.63, 3.8) is 0 Å². The molecule has 98 valence electrons. The van der Waals surface area contributed by atoms with Crippen molar-refractivity contribution in [3.05, 3.63) is 0 Å². The van der Waals surface area contributed by atoms with Crippen LogP contribution in [-0.2, 0) is 4.79 Å². The zero-order chi connectivity index (χ0) is 12.9. The predicted molar refractivity (Wildman–Crippen MR) is 71.0 cm³/mol. The first-order chi connectivity index (χ1) is 7.98. The van der Waals surface area contributed by atoms with Gasteiger partial charge in [-0.2, -0.15) is 0 Å². The lowest BCUT2D eigenvalue weighted by atomic mass is 9.95. The first-order valence-electron chi connectivity index (χ1n) is 6.62. The van der Waals surface area contributed by atoms with Crippen LogP contribution in [0.3, 0.4) is 0 Å². The average Bonchev–Trinajstić information content (AvgIpc) is 2.53. The lowest BCUT2D eigenvalue weighted by Gasteiger charge is -2.20. The quantitative estimate of drug-likeness (QED) is 0.697. The highest BCUT2D eigenvalue weighted by Gasteiger charge is 2.39. The molecule has 1 amide bonds. The van der Waals surface area contributed by atoms with Crippen LogP contribution in [0.5, 0.6) is 0 Å². The molecule has 2 N–H and O–H groups in total. The summed E-state index contributed by atoms with van der Waals surface area (Å²) in [6, 6.07) is 0. The SMILES string of the molecule is CCCCCC1(C)NC(=NCC(C)C)NC1=O. The summed E-state index contributed by atoms with van der Waals surface area (Å²) < 4.78 is 0. The number of carbonyl (C=O) groups excluding carboxylic acids is 1. The van der Waals surface area contributed by atoms with E-state index in [2.05, 4.69) is 36.4 Å². The minimum absolute atomic E-state index is 0.0520. The van der Waals surface area contributed by atoms with E-state index in [1.54, 1.807) is 0 Å². The average molecular weight is 239 g/mol. The van der Waals surface area contributed by atoms with E-state index < -0.39 is 5.54 Å². The van der Waals surface area contributed by atoms with E-state index in [0.29, 0.717) is 11.9 Å². The number of hydrogen-bond acceptors (Lipinski definition) is 2. The van der Waals surface area contributed by atoms with E-state index in [4.69, 9.17) is 0 Å². The Kier molecular flexibility index (Phi) is 4.97. The summed E-state index contributed by atoms with van der Waals surface area (Å²) in [5.41, 5.74) is -0.467. The molecule has 17 heavy (non-hydrogen) atoms. The van der Waals surface area contributed by atoms with E-state index in [1.807, 2.05) is 6.92 Å². The lowest BCUT2D eigenvalue weighted by Crippen LogP contribution is -2.43. The second kappa shape index (κ2) is 6.03. The standard InChI is InChI=1S/C13H25N3O/c1-5-6-7-8-13(4)11(17)15-12(16-13)14-9-10(2)3/h10H,5-9H2,1-4H3,(H2,14,15,16,17). The topological polar surface area (TPSA) is 53.5 Å². The minimum atomic E-state index is -0.467. The highest BCUT2D eigenvalue weighted by atomic mass is 16.2. The summed E-state index contributed by atoms with van der Waals surface area (Å²) in [7, 11) is 0. The minimum Gasteiger partial charge on any atom is -0.342 e. The van der Waals surface area contributed by atoms with Crippen molar-refractivity contribution in [3.8, 4) is 0 Å². The van der Waals surface area contributed by atoms with Gasteiger partial charge in [-0.3, -0.25) is 15.1 Å². The monoisotopic (exact) mass is 239 g/mol. The van der Waals surface area contributed by atoms with Gasteiger partial charge in [0.15, 0.2) is 5.96 Å². The van der Waals surface area contributed by atoms with Crippen LogP contribution in [0.1, 0.15) is 53.4 Å². The first kappa shape index (κ1) is 14.0. The van der Waals surface area contributed by atoms with Crippen LogP contribution >= 0.6 is 0 Å². The maximum Gasteiger partial charge on any atom is 0.252 e. The molecule has 1 atom stereocenters. The Morgan fingerprint density at radius 1 is 1.35 bits per heavy atom. The molecule has 0 aromatic rings. The molecule has 1 aliphatic heterocycles. The Morgan fingerprint density at radius 2 is 2.06 bits per heavy atom.